The number of hydrogen-bond donors (Lipinski definition) is 2. The van der Waals surface area contributed by atoms with E-state index in [1.807, 2.05) is 26.0 Å². The van der Waals surface area contributed by atoms with Gasteiger partial charge >= 0.3 is 11.8 Å². The van der Waals surface area contributed by atoms with Crippen LogP contribution in [0.1, 0.15) is 38.3 Å². The first-order valence-corrected chi connectivity index (χ1v) is 8.24. The Morgan fingerprint density at radius 3 is 2.48 bits per heavy atom. The van der Waals surface area contributed by atoms with Gasteiger partial charge in [-0.05, 0) is 43.4 Å². The number of carbonyl (C=O) groups is 2. The molecular weight excluding hydrogens is 316 g/mol. The fourth-order valence-corrected chi connectivity index (χ4v) is 2.58. The first-order valence-electron chi connectivity index (χ1n) is 7.86. The van der Waals surface area contributed by atoms with E-state index in [0.29, 0.717) is 30.1 Å². The van der Waals surface area contributed by atoms with Crippen molar-refractivity contribution in [1.82, 2.24) is 4.90 Å². The Kier molecular flexibility index (Phi) is 7.52. The van der Waals surface area contributed by atoms with Gasteiger partial charge < -0.3 is 15.3 Å². The number of nitrogens with zero attached hydrogens (tertiary/aromatic N) is 1. The largest absolute Gasteiger partial charge is 0.393 e. The zero-order chi connectivity index (χ0) is 17.6. The minimum absolute atomic E-state index is 0.320. The molecule has 1 aromatic rings. The number of hydrogen-bond acceptors (Lipinski definition) is 3. The van der Waals surface area contributed by atoms with Crippen LogP contribution >= 0.6 is 11.6 Å². The third-order valence-corrected chi connectivity index (χ3v) is 4.09. The molecule has 1 atom stereocenters. The minimum Gasteiger partial charge on any atom is -0.393 e. The van der Waals surface area contributed by atoms with E-state index in [-0.39, 0.29) is 0 Å². The van der Waals surface area contributed by atoms with Crippen LogP contribution in [0.4, 0.5) is 5.69 Å². The monoisotopic (exact) mass is 340 g/mol. The van der Waals surface area contributed by atoms with Crippen molar-refractivity contribution in [3.8, 4) is 0 Å². The van der Waals surface area contributed by atoms with Crippen molar-refractivity contribution < 1.29 is 14.7 Å². The second-order valence-corrected chi connectivity index (χ2v) is 5.99. The van der Waals surface area contributed by atoms with E-state index in [4.69, 9.17) is 11.6 Å². The van der Waals surface area contributed by atoms with Crippen molar-refractivity contribution in [2.45, 2.75) is 46.1 Å². The highest BCUT2D eigenvalue weighted by Gasteiger charge is 2.21. The molecule has 0 aliphatic carbocycles. The fraction of sp³-hybridized carbons (Fsp3) is 0.529. The van der Waals surface area contributed by atoms with Gasteiger partial charge in [-0.25, -0.2) is 0 Å². The maximum Gasteiger partial charge on any atom is 0.313 e. The number of carbonyl (C=O) groups excluding carboxylic acids is 2. The summed E-state index contributed by atoms with van der Waals surface area (Å²) < 4.78 is 0. The van der Waals surface area contributed by atoms with Crippen LogP contribution in [0.25, 0.3) is 0 Å². The van der Waals surface area contributed by atoms with E-state index in [2.05, 4.69) is 5.32 Å². The number of benzene rings is 1. The summed E-state index contributed by atoms with van der Waals surface area (Å²) in [6.07, 6.45) is 1.30. The molecule has 0 aliphatic rings. The van der Waals surface area contributed by atoms with Gasteiger partial charge in [-0.1, -0.05) is 31.5 Å². The first kappa shape index (κ1) is 19.5. The van der Waals surface area contributed by atoms with Crippen LogP contribution in [0, 0.1) is 0 Å². The summed E-state index contributed by atoms with van der Waals surface area (Å²) in [5, 5.41) is 12.6. The summed E-state index contributed by atoms with van der Waals surface area (Å²) in [7, 11) is 1.55. The predicted molar refractivity (Wildman–Crippen MR) is 92.8 cm³/mol. The summed E-state index contributed by atoms with van der Waals surface area (Å²) in [6.45, 7) is 5.90. The maximum atomic E-state index is 12.2. The van der Waals surface area contributed by atoms with Crippen LogP contribution in [0.15, 0.2) is 12.1 Å². The summed E-state index contributed by atoms with van der Waals surface area (Å²) in [5.41, 5.74) is 2.41. The van der Waals surface area contributed by atoms with Crippen LogP contribution in [-0.2, 0) is 22.4 Å². The quantitative estimate of drug-likeness (QED) is 0.782. The van der Waals surface area contributed by atoms with Crippen LogP contribution in [0.5, 0.6) is 0 Å². The highest BCUT2D eigenvalue weighted by molar-refractivity contribution is 6.40. The molecule has 0 heterocycles. The van der Waals surface area contributed by atoms with Crippen LogP contribution in [0.2, 0.25) is 5.02 Å². The number of amides is 2. The van der Waals surface area contributed by atoms with Crippen molar-refractivity contribution in [2.24, 2.45) is 0 Å². The van der Waals surface area contributed by atoms with Gasteiger partial charge in [0.25, 0.3) is 0 Å². The van der Waals surface area contributed by atoms with E-state index in [0.717, 1.165) is 17.5 Å². The van der Waals surface area contributed by atoms with Gasteiger partial charge in [0.2, 0.25) is 0 Å². The number of likely N-dealkylation sites (N-methyl/N-ethyl adjacent to an activating group) is 1. The van der Waals surface area contributed by atoms with Gasteiger partial charge in [0.15, 0.2) is 0 Å². The number of nitrogens with one attached hydrogen (secondary N) is 1. The molecule has 2 amide bonds. The first-order chi connectivity index (χ1) is 10.8. The lowest BCUT2D eigenvalue weighted by Gasteiger charge is -2.19. The van der Waals surface area contributed by atoms with E-state index < -0.39 is 17.9 Å². The van der Waals surface area contributed by atoms with E-state index in [1.165, 1.54) is 4.90 Å². The summed E-state index contributed by atoms with van der Waals surface area (Å²) in [4.78, 5) is 25.7. The summed E-state index contributed by atoms with van der Waals surface area (Å²) >= 11 is 6.19. The molecule has 6 heteroatoms. The molecule has 0 fully saturated rings. The topological polar surface area (TPSA) is 69.6 Å². The van der Waals surface area contributed by atoms with Gasteiger partial charge in [-0.2, -0.15) is 0 Å². The number of halogens is 1. The van der Waals surface area contributed by atoms with Gasteiger partial charge in [-0.15, -0.1) is 0 Å². The molecule has 0 aromatic heterocycles. The van der Waals surface area contributed by atoms with Crippen LogP contribution < -0.4 is 5.32 Å². The van der Waals surface area contributed by atoms with Crippen molar-refractivity contribution in [3.05, 3.63) is 28.3 Å². The SMILES string of the molecule is CCc1ccc(Cl)c(CC)c1NC(=O)C(=O)N(C)CCC(C)O. The van der Waals surface area contributed by atoms with Crippen molar-refractivity contribution in [1.29, 1.82) is 0 Å². The van der Waals surface area contributed by atoms with Gasteiger partial charge in [0, 0.05) is 24.3 Å². The van der Waals surface area contributed by atoms with E-state index in [9.17, 15) is 14.7 Å². The number of aliphatic hydroxyl groups excluding tert-OH is 1. The zero-order valence-corrected chi connectivity index (χ0v) is 14.9. The Hall–Kier alpha value is -1.59. The standard InChI is InChI=1S/C17H25ClN2O3/c1-5-12-7-8-14(18)13(6-2)15(12)19-16(22)17(23)20(4)10-9-11(3)21/h7-8,11,21H,5-6,9-10H2,1-4H3,(H,19,22). The normalized spacial score (nSPS) is 11.9. The smallest absolute Gasteiger partial charge is 0.313 e. The molecule has 1 aromatic carbocycles. The van der Waals surface area contributed by atoms with E-state index in [1.54, 1.807) is 14.0 Å². The predicted octanol–water partition coefficient (Wildman–Crippen LogP) is 2.63. The maximum absolute atomic E-state index is 12.2. The molecule has 5 nitrogen and oxygen atoms in total. The fourth-order valence-electron chi connectivity index (χ4n) is 2.29. The molecule has 0 bridgehead atoms. The lowest BCUT2D eigenvalue weighted by Crippen LogP contribution is -2.38. The van der Waals surface area contributed by atoms with E-state index >= 15 is 0 Å². The molecule has 0 spiro atoms. The van der Waals surface area contributed by atoms with Crippen LogP contribution in [0.3, 0.4) is 0 Å². The Morgan fingerprint density at radius 1 is 1.30 bits per heavy atom. The van der Waals surface area contributed by atoms with Crippen molar-refractivity contribution in [2.75, 3.05) is 18.9 Å². The molecule has 128 valence electrons. The second-order valence-electron chi connectivity index (χ2n) is 5.59. The Balaban J connectivity index is 2.92. The summed E-state index contributed by atoms with van der Waals surface area (Å²) in [5.74, 6) is -1.32. The Bertz CT molecular complexity index is 573. The minimum atomic E-state index is -0.690. The summed E-state index contributed by atoms with van der Waals surface area (Å²) in [6, 6.07) is 3.67. The highest BCUT2D eigenvalue weighted by Crippen LogP contribution is 2.29. The molecule has 23 heavy (non-hydrogen) atoms. The molecule has 2 N–H and O–H groups in total. The van der Waals surface area contributed by atoms with Crippen LogP contribution in [-0.4, -0.2) is 41.5 Å². The molecule has 0 aliphatic heterocycles. The number of aliphatic hydroxyl groups is 1. The van der Waals surface area contributed by atoms with Gasteiger partial charge in [0.05, 0.1) is 6.10 Å². The van der Waals surface area contributed by atoms with Crippen molar-refractivity contribution >= 4 is 29.1 Å². The number of rotatable bonds is 6. The van der Waals surface area contributed by atoms with Gasteiger partial charge in [-0.3, -0.25) is 9.59 Å². The number of anilines is 1. The number of aryl methyl sites for hydroxylation is 1. The molecule has 1 rings (SSSR count). The average molecular weight is 341 g/mol. The Morgan fingerprint density at radius 2 is 1.96 bits per heavy atom. The molecule has 1 unspecified atom stereocenters. The zero-order valence-electron chi connectivity index (χ0n) is 14.1. The lowest BCUT2D eigenvalue weighted by molar-refractivity contribution is -0.142. The average Bonchev–Trinajstić information content (AvgIpc) is 2.52. The lowest BCUT2D eigenvalue weighted by atomic mass is 10.0. The highest BCUT2D eigenvalue weighted by atomic mass is 35.5. The molecular formula is C17H25ClN2O3. The van der Waals surface area contributed by atoms with Gasteiger partial charge in [0.1, 0.15) is 0 Å². The molecule has 0 saturated carbocycles. The molecule has 0 saturated heterocycles. The molecule has 0 radical (unpaired) electrons. The third kappa shape index (κ3) is 5.22. The van der Waals surface area contributed by atoms with Crippen molar-refractivity contribution in [3.63, 3.8) is 0 Å². The third-order valence-electron chi connectivity index (χ3n) is 3.74. The second kappa shape index (κ2) is 8.89. The Labute approximate surface area is 142 Å².